The average Bonchev–Trinajstić information content (AvgIpc) is 3.34. The number of halogens is 1. The fraction of sp³-hybridized carbons (Fsp3) is 0.259. The van der Waals surface area contributed by atoms with Gasteiger partial charge in [0.05, 0.1) is 7.11 Å². The summed E-state index contributed by atoms with van der Waals surface area (Å²) in [5, 5.41) is 6.35. The van der Waals surface area contributed by atoms with Crippen LogP contribution in [0.5, 0.6) is 17.4 Å². The van der Waals surface area contributed by atoms with Gasteiger partial charge >= 0.3 is 0 Å². The molecule has 2 aliphatic rings. The first-order valence-corrected chi connectivity index (χ1v) is 12.2. The minimum Gasteiger partial charge on any atom is -0.497 e. The summed E-state index contributed by atoms with van der Waals surface area (Å²) in [6, 6.07) is 15.7. The number of rotatable bonds is 7. The van der Waals surface area contributed by atoms with E-state index in [1.807, 2.05) is 24.3 Å². The van der Waals surface area contributed by atoms with E-state index in [1.54, 1.807) is 48.4 Å². The van der Waals surface area contributed by atoms with E-state index in [9.17, 15) is 14.4 Å². The summed E-state index contributed by atoms with van der Waals surface area (Å²) >= 11 is 5.93. The molecule has 0 radical (unpaired) electrons. The molecule has 3 aromatic rings. The van der Waals surface area contributed by atoms with Crippen molar-refractivity contribution in [1.82, 2.24) is 20.5 Å². The van der Waals surface area contributed by atoms with Crippen molar-refractivity contribution in [2.75, 3.05) is 13.7 Å². The molecule has 2 aromatic carbocycles. The second-order valence-corrected chi connectivity index (χ2v) is 9.37. The molecule has 0 aliphatic carbocycles. The number of nitrogens with zero attached hydrogens (tertiary/aromatic N) is 2. The Kier molecular flexibility index (Phi) is 6.96. The third kappa shape index (κ3) is 5.36. The molecule has 2 aliphatic heterocycles. The Bertz CT molecular complexity index is 1320. The predicted molar refractivity (Wildman–Crippen MR) is 136 cm³/mol. The molecule has 10 heteroatoms. The van der Waals surface area contributed by atoms with Crippen LogP contribution in [0.2, 0.25) is 5.02 Å². The van der Waals surface area contributed by atoms with Crippen LogP contribution in [0, 0.1) is 0 Å². The van der Waals surface area contributed by atoms with Crippen molar-refractivity contribution < 1.29 is 23.9 Å². The fourth-order valence-corrected chi connectivity index (χ4v) is 4.75. The Morgan fingerprint density at radius 3 is 2.57 bits per heavy atom. The molecule has 190 valence electrons. The van der Waals surface area contributed by atoms with Gasteiger partial charge in [0.2, 0.25) is 17.7 Å². The van der Waals surface area contributed by atoms with Crippen molar-refractivity contribution in [3.63, 3.8) is 0 Å². The van der Waals surface area contributed by atoms with Crippen LogP contribution >= 0.6 is 11.6 Å². The highest BCUT2D eigenvalue weighted by atomic mass is 35.5. The highest BCUT2D eigenvalue weighted by molar-refractivity contribution is 6.30. The van der Waals surface area contributed by atoms with E-state index < -0.39 is 24.0 Å². The van der Waals surface area contributed by atoms with Crippen molar-refractivity contribution in [3.05, 3.63) is 83.0 Å². The van der Waals surface area contributed by atoms with Crippen molar-refractivity contribution in [2.45, 2.75) is 31.0 Å². The van der Waals surface area contributed by atoms with Gasteiger partial charge in [-0.15, -0.1) is 0 Å². The largest absolute Gasteiger partial charge is 0.497 e. The molecule has 2 N–H and O–H groups in total. The van der Waals surface area contributed by atoms with Crippen LogP contribution < -0.4 is 20.1 Å². The number of methoxy groups -OCH3 is 1. The minimum atomic E-state index is -0.663. The van der Waals surface area contributed by atoms with Crippen molar-refractivity contribution in [2.24, 2.45) is 0 Å². The van der Waals surface area contributed by atoms with Gasteiger partial charge in [-0.05, 0) is 60.5 Å². The Hall–Kier alpha value is -4.11. The standard InChI is InChI=1S/C27H25ClN4O5/c1-36-19-8-4-16(5-9-19)13-22-27(35)32-15-18(14-23(32)25(34)31-22)30-24(33)21-3-2-12-29-26(21)37-20-10-6-17(28)7-11-20/h2-12,18,22-23H,13-15H2,1H3,(H,30,33)(H,31,34)/t18-,22-,23-/m0/s1. The molecule has 5 rings (SSSR count). The average molecular weight is 521 g/mol. The van der Waals surface area contributed by atoms with Gasteiger partial charge in [0, 0.05) is 30.2 Å². The van der Waals surface area contributed by atoms with Crippen LogP contribution in [0.3, 0.4) is 0 Å². The molecular formula is C27H25ClN4O5. The molecule has 0 unspecified atom stereocenters. The number of ether oxygens (including phenoxy) is 2. The minimum absolute atomic E-state index is 0.145. The summed E-state index contributed by atoms with van der Waals surface area (Å²) in [5.74, 6) is 0.570. The van der Waals surface area contributed by atoms with Gasteiger partial charge in [0.25, 0.3) is 5.91 Å². The quantitative estimate of drug-likeness (QED) is 0.495. The normalized spacial score (nSPS) is 20.7. The van der Waals surface area contributed by atoms with Gasteiger partial charge in [-0.1, -0.05) is 23.7 Å². The Morgan fingerprint density at radius 1 is 1.11 bits per heavy atom. The first kappa shape index (κ1) is 24.6. The lowest BCUT2D eigenvalue weighted by Gasteiger charge is -2.34. The lowest BCUT2D eigenvalue weighted by molar-refractivity contribution is -0.147. The smallest absolute Gasteiger partial charge is 0.257 e. The van der Waals surface area contributed by atoms with Crippen LogP contribution in [0.15, 0.2) is 66.9 Å². The van der Waals surface area contributed by atoms with Gasteiger partial charge in [-0.3, -0.25) is 14.4 Å². The molecule has 1 aromatic heterocycles. The Balaban J connectivity index is 1.24. The maximum absolute atomic E-state index is 13.2. The lowest BCUT2D eigenvalue weighted by atomic mass is 10.0. The molecule has 0 spiro atoms. The van der Waals surface area contributed by atoms with E-state index in [0.717, 1.165) is 11.3 Å². The molecule has 3 heterocycles. The summed E-state index contributed by atoms with van der Waals surface area (Å²) in [4.78, 5) is 44.9. The van der Waals surface area contributed by atoms with E-state index in [1.165, 1.54) is 6.20 Å². The Morgan fingerprint density at radius 2 is 1.84 bits per heavy atom. The summed E-state index contributed by atoms with van der Waals surface area (Å²) in [6.45, 7) is 0.245. The van der Waals surface area contributed by atoms with Gasteiger partial charge in [0.1, 0.15) is 29.1 Å². The third-order valence-electron chi connectivity index (χ3n) is 6.48. The van der Waals surface area contributed by atoms with Crippen LogP contribution in [0.1, 0.15) is 22.3 Å². The van der Waals surface area contributed by atoms with E-state index in [4.69, 9.17) is 21.1 Å². The summed E-state index contributed by atoms with van der Waals surface area (Å²) in [5.41, 5.74) is 1.15. The van der Waals surface area contributed by atoms with E-state index >= 15 is 0 Å². The number of carbonyl (C=O) groups excluding carboxylic acids is 3. The number of pyridine rings is 1. The number of piperazine rings is 1. The third-order valence-corrected chi connectivity index (χ3v) is 6.73. The number of amides is 3. The molecule has 0 saturated carbocycles. The number of fused-ring (bicyclic) bond motifs is 1. The number of carbonyl (C=O) groups is 3. The maximum atomic E-state index is 13.2. The molecule has 0 bridgehead atoms. The van der Waals surface area contributed by atoms with Crippen LogP contribution in [0.25, 0.3) is 0 Å². The second kappa shape index (κ2) is 10.5. The highest BCUT2D eigenvalue weighted by Crippen LogP contribution is 2.27. The predicted octanol–water partition coefficient (Wildman–Crippen LogP) is 2.98. The van der Waals surface area contributed by atoms with Crippen LogP contribution in [-0.4, -0.2) is 59.4 Å². The SMILES string of the molecule is COc1ccc(C[C@@H]2NC(=O)[C@@H]3C[C@H](NC(=O)c4cccnc4Oc4ccc(Cl)cc4)CN3C2=O)cc1. The zero-order chi connectivity index (χ0) is 25.9. The zero-order valence-corrected chi connectivity index (χ0v) is 20.8. The first-order chi connectivity index (χ1) is 17.9. The molecule has 37 heavy (non-hydrogen) atoms. The van der Waals surface area contributed by atoms with Crippen LogP contribution in [0.4, 0.5) is 0 Å². The summed E-state index contributed by atoms with van der Waals surface area (Å²) in [7, 11) is 1.59. The summed E-state index contributed by atoms with van der Waals surface area (Å²) in [6.07, 6.45) is 2.23. The molecular weight excluding hydrogens is 496 g/mol. The number of hydrogen-bond acceptors (Lipinski definition) is 6. The highest BCUT2D eigenvalue weighted by Gasteiger charge is 2.46. The molecule has 9 nitrogen and oxygen atoms in total. The number of benzene rings is 2. The van der Waals surface area contributed by atoms with Gasteiger partial charge in [-0.2, -0.15) is 0 Å². The Labute approximate surface area is 218 Å². The first-order valence-electron chi connectivity index (χ1n) is 11.8. The molecule has 3 atom stereocenters. The topological polar surface area (TPSA) is 110 Å². The number of hydrogen-bond donors (Lipinski definition) is 2. The molecule has 2 fully saturated rings. The number of aromatic nitrogens is 1. The second-order valence-electron chi connectivity index (χ2n) is 8.94. The van der Waals surface area contributed by atoms with E-state index in [2.05, 4.69) is 15.6 Å². The number of nitrogens with one attached hydrogen (secondary N) is 2. The van der Waals surface area contributed by atoms with Crippen LogP contribution in [-0.2, 0) is 16.0 Å². The molecule has 3 amide bonds. The lowest BCUT2D eigenvalue weighted by Crippen LogP contribution is -2.61. The summed E-state index contributed by atoms with van der Waals surface area (Å²) < 4.78 is 11.0. The zero-order valence-electron chi connectivity index (χ0n) is 20.0. The van der Waals surface area contributed by atoms with Gasteiger partial charge in [-0.25, -0.2) is 4.98 Å². The van der Waals surface area contributed by atoms with Gasteiger partial charge in [0.15, 0.2) is 0 Å². The monoisotopic (exact) mass is 520 g/mol. The van der Waals surface area contributed by atoms with Crippen molar-refractivity contribution >= 4 is 29.3 Å². The molecule has 2 saturated heterocycles. The fourth-order valence-electron chi connectivity index (χ4n) is 4.62. The van der Waals surface area contributed by atoms with Crippen molar-refractivity contribution in [1.29, 1.82) is 0 Å². The maximum Gasteiger partial charge on any atom is 0.257 e. The van der Waals surface area contributed by atoms with E-state index in [0.29, 0.717) is 23.6 Å². The van der Waals surface area contributed by atoms with Crippen molar-refractivity contribution in [3.8, 4) is 17.4 Å². The van der Waals surface area contributed by atoms with E-state index in [-0.39, 0.29) is 29.8 Å². The van der Waals surface area contributed by atoms with Gasteiger partial charge < -0.3 is 25.0 Å².